The number of amides is 1. The monoisotopic (exact) mass is 665 g/mol. The molecule has 47 heavy (non-hydrogen) atoms. The van der Waals surface area contributed by atoms with Crippen molar-refractivity contribution < 1.29 is 39.2 Å². The minimum atomic E-state index is -1.18. The van der Waals surface area contributed by atoms with Crippen molar-refractivity contribution in [3.05, 3.63) is 23.8 Å². The quantitative estimate of drug-likeness (QED) is 0.173. The van der Waals surface area contributed by atoms with Crippen LogP contribution in [0, 0.1) is 17.8 Å². The Morgan fingerprint density at radius 2 is 1.64 bits per heavy atom. The first-order valence-corrected chi connectivity index (χ1v) is 18.4. The summed E-state index contributed by atoms with van der Waals surface area (Å²) in [7, 11) is 1.61. The summed E-state index contributed by atoms with van der Waals surface area (Å²) < 4.78 is 11.1. The predicted octanol–water partition coefficient (Wildman–Crippen LogP) is 6.37. The Balaban J connectivity index is 3.00. The minimum Gasteiger partial charge on any atom is -0.452 e. The van der Waals surface area contributed by atoms with Gasteiger partial charge in [-0.1, -0.05) is 78.0 Å². The molecule has 9 heteroatoms. The highest BCUT2D eigenvalue weighted by molar-refractivity contribution is 5.84. The molecule has 1 rings (SSSR count). The van der Waals surface area contributed by atoms with E-state index < -0.39 is 36.3 Å². The van der Waals surface area contributed by atoms with Crippen LogP contribution in [0.4, 0.5) is 0 Å². The normalized spacial score (nSPS) is 31.4. The van der Waals surface area contributed by atoms with E-state index in [1.165, 1.54) is 0 Å². The molecule has 0 aromatic carbocycles. The van der Waals surface area contributed by atoms with E-state index >= 15 is 0 Å². The van der Waals surface area contributed by atoms with Gasteiger partial charge in [0.15, 0.2) is 6.10 Å². The lowest BCUT2D eigenvalue weighted by Gasteiger charge is -2.23. The van der Waals surface area contributed by atoms with Gasteiger partial charge in [-0.15, -0.1) is 0 Å². The SMILES string of the molecule is CCCCCC[C@@H]1OC(=O)[C@@H](C)C[C@H](C)CCCCC(=O)CCC[C@@H](CC)/C=C/C=C(\COC)CC[C@@H](O)[C@@H](O)C[C@H](O)CNC1=O. The van der Waals surface area contributed by atoms with Crippen LogP contribution in [-0.2, 0) is 23.9 Å². The molecule has 1 aliphatic heterocycles. The number of carbonyl (C=O) groups excluding carboxylic acids is 3. The molecule has 0 aromatic heterocycles. The van der Waals surface area contributed by atoms with Crippen molar-refractivity contribution in [3.63, 3.8) is 0 Å². The van der Waals surface area contributed by atoms with Gasteiger partial charge in [-0.2, -0.15) is 0 Å². The fourth-order valence-corrected chi connectivity index (χ4v) is 6.13. The number of β-amino-alcohol motifs (C(OH)–C–C–N with tert-alkyl or cyclic N) is 1. The van der Waals surface area contributed by atoms with Crippen molar-refractivity contribution in [3.8, 4) is 0 Å². The van der Waals surface area contributed by atoms with Gasteiger partial charge in [0, 0.05) is 32.9 Å². The summed E-state index contributed by atoms with van der Waals surface area (Å²) in [6, 6.07) is 0. The lowest BCUT2D eigenvalue weighted by Crippen LogP contribution is -2.43. The van der Waals surface area contributed by atoms with E-state index in [2.05, 4.69) is 32.2 Å². The molecule has 0 radical (unpaired) electrons. The van der Waals surface area contributed by atoms with Gasteiger partial charge in [-0.25, -0.2) is 0 Å². The summed E-state index contributed by atoms with van der Waals surface area (Å²) in [6.07, 6.45) is 14.0. The first-order chi connectivity index (χ1) is 22.5. The van der Waals surface area contributed by atoms with Crippen molar-refractivity contribution in [1.29, 1.82) is 0 Å². The summed E-state index contributed by atoms with van der Waals surface area (Å²) in [6.45, 7) is 8.46. The maximum Gasteiger partial charge on any atom is 0.309 e. The van der Waals surface area contributed by atoms with Crippen molar-refractivity contribution in [2.75, 3.05) is 20.3 Å². The van der Waals surface area contributed by atoms with E-state index in [-0.39, 0.29) is 31.2 Å². The van der Waals surface area contributed by atoms with Crippen LogP contribution in [0.15, 0.2) is 23.8 Å². The predicted molar refractivity (Wildman–Crippen MR) is 187 cm³/mol. The number of ketones is 1. The van der Waals surface area contributed by atoms with Gasteiger partial charge in [0.1, 0.15) is 5.78 Å². The molecule has 1 aliphatic rings. The summed E-state index contributed by atoms with van der Waals surface area (Å²) >= 11 is 0. The molecule has 0 bridgehead atoms. The van der Waals surface area contributed by atoms with Gasteiger partial charge in [0.25, 0.3) is 5.91 Å². The lowest BCUT2D eigenvalue weighted by atomic mass is 9.92. The number of unbranched alkanes of at least 4 members (excludes halogenated alkanes) is 3. The molecule has 0 saturated heterocycles. The fourth-order valence-electron chi connectivity index (χ4n) is 6.13. The first kappa shape index (κ1) is 43.0. The average molecular weight is 666 g/mol. The van der Waals surface area contributed by atoms with Crippen LogP contribution < -0.4 is 5.32 Å². The van der Waals surface area contributed by atoms with E-state index in [0.717, 1.165) is 69.8 Å². The molecule has 272 valence electrons. The number of hydrogen-bond acceptors (Lipinski definition) is 8. The Kier molecular flexibility index (Phi) is 23.7. The molecule has 1 amide bonds. The summed E-state index contributed by atoms with van der Waals surface area (Å²) in [5.41, 5.74) is 0.976. The Morgan fingerprint density at radius 3 is 2.34 bits per heavy atom. The molecule has 0 fully saturated rings. The van der Waals surface area contributed by atoms with Crippen molar-refractivity contribution in [2.24, 2.45) is 17.8 Å². The Labute approximate surface area is 285 Å². The van der Waals surface area contributed by atoms with Gasteiger partial charge < -0.3 is 30.1 Å². The van der Waals surface area contributed by atoms with E-state index in [1.807, 2.05) is 19.1 Å². The van der Waals surface area contributed by atoms with Crippen LogP contribution in [0.5, 0.6) is 0 Å². The van der Waals surface area contributed by atoms with Crippen LogP contribution in [0.25, 0.3) is 0 Å². The van der Waals surface area contributed by atoms with Crippen molar-refractivity contribution in [2.45, 2.75) is 161 Å². The van der Waals surface area contributed by atoms with Gasteiger partial charge >= 0.3 is 5.97 Å². The Hall–Kier alpha value is -2.07. The fraction of sp³-hybridized carbons (Fsp3) is 0.816. The third kappa shape index (κ3) is 20.1. The molecular formula is C38H67NO8. The maximum atomic E-state index is 13.1. The number of aliphatic hydroxyl groups is 3. The number of methoxy groups -OCH3 is 1. The van der Waals surface area contributed by atoms with Gasteiger partial charge in [-0.05, 0) is 75.2 Å². The van der Waals surface area contributed by atoms with E-state index in [9.17, 15) is 29.7 Å². The van der Waals surface area contributed by atoms with Gasteiger partial charge in [0.05, 0.1) is 30.8 Å². The summed E-state index contributed by atoms with van der Waals surface area (Å²) in [4.78, 5) is 38.7. The standard InChI is InChI=1S/C38H67NO8/c1-6-8-9-10-21-36-37(44)39-26-33(41)25-35(43)34(42)23-22-31(27-46-5)18-13-16-30(7-2)17-14-20-32(40)19-12-11-15-28(3)24-29(4)38(45)47-36/h13,16,18,28-30,33-36,41-43H,6-12,14-15,17,19-27H2,1-5H3,(H,39,44)/b16-13+,31-18-/t28-,29+,30+,33+,34-,35+,36+/m1/s1. The second-order valence-electron chi connectivity index (χ2n) is 13.8. The first-order valence-electron chi connectivity index (χ1n) is 18.4. The third-order valence-corrected chi connectivity index (χ3v) is 9.26. The van der Waals surface area contributed by atoms with Crippen LogP contribution >= 0.6 is 0 Å². The van der Waals surface area contributed by atoms with Gasteiger partial charge in [0.2, 0.25) is 0 Å². The molecular weight excluding hydrogens is 598 g/mol. The summed E-state index contributed by atoms with van der Waals surface area (Å²) in [5, 5.41) is 34.5. The molecule has 9 nitrogen and oxygen atoms in total. The molecule has 0 aromatic rings. The van der Waals surface area contributed by atoms with Crippen LogP contribution in [0.2, 0.25) is 0 Å². The number of cyclic esters (lactones) is 1. The smallest absolute Gasteiger partial charge is 0.309 e. The molecule has 4 N–H and O–H groups in total. The molecule has 0 unspecified atom stereocenters. The molecule has 0 aliphatic carbocycles. The van der Waals surface area contributed by atoms with Crippen molar-refractivity contribution in [1.82, 2.24) is 5.32 Å². The molecule has 0 saturated carbocycles. The maximum absolute atomic E-state index is 13.1. The number of Topliss-reactive ketones (excluding diaryl/α,β-unsaturated/α-hetero) is 1. The van der Waals surface area contributed by atoms with Crippen LogP contribution in [-0.4, -0.2) is 77.7 Å². The highest BCUT2D eigenvalue weighted by Crippen LogP contribution is 2.22. The second-order valence-corrected chi connectivity index (χ2v) is 13.8. The van der Waals surface area contributed by atoms with E-state index in [4.69, 9.17) is 9.47 Å². The van der Waals surface area contributed by atoms with Crippen molar-refractivity contribution >= 4 is 17.7 Å². The third-order valence-electron chi connectivity index (χ3n) is 9.26. The molecule has 0 spiro atoms. The number of ether oxygens (including phenoxy) is 2. The minimum absolute atomic E-state index is 0.110. The number of hydrogen-bond donors (Lipinski definition) is 4. The van der Waals surface area contributed by atoms with Crippen LogP contribution in [0.1, 0.15) is 137 Å². The zero-order valence-electron chi connectivity index (χ0n) is 30.1. The second kappa shape index (κ2) is 25.9. The highest BCUT2D eigenvalue weighted by Gasteiger charge is 2.27. The zero-order valence-corrected chi connectivity index (χ0v) is 30.1. The van der Waals surface area contributed by atoms with Gasteiger partial charge in [-0.3, -0.25) is 14.4 Å². The van der Waals surface area contributed by atoms with Crippen LogP contribution in [0.3, 0.4) is 0 Å². The average Bonchev–Trinajstić information content (AvgIpc) is 3.04. The molecule has 7 atom stereocenters. The Morgan fingerprint density at radius 1 is 0.894 bits per heavy atom. The largest absolute Gasteiger partial charge is 0.452 e. The lowest BCUT2D eigenvalue weighted by molar-refractivity contribution is -0.160. The number of nitrogens with one attached hydrogen (secondary N) is 1. The topological polar surface area (TPSA) is 142 Å². The zero-order chi connectivity index (χ0) is 35.0. The van der Waals surface area contributed by atoms with E-state index in [0.29, 0.717) is 50.4 Å². The Bertz CT molecular complexity index is 935. The number of rotatable bonds is 8. The number of carbonyl (C=O) groups is 3. The molecule has 1 heterocycles. The highest BCUT2D eigenvalue weighted by atomic mass is 16.5. The van der Waals surface area contributed by atoms with E-state index in [1.54, 1.807) is 7.11 Å². The summed E-state index contributed by atoms with van der Waals surface area (Å²) in [5.74, 6) is -0.280. The number of allylic oxidation sites excluding steroid dienone is 3. The number of aliphatic hydroxyl groups excluding tert-OH is 3. The number of esters is 1.